The summed E-state index contributed by atoms with van der Waals surface area (Å²) in [5, 5.41) is 2.80. The van der Waals surface area contributed by atoms with Gasteiger partial charge in [0.05, 0.1) is 26.3 Å². The number of benzene rings is 1. The number of rotatable bonds is 6. The van der Waals surface area contributed by atoms with Crippen LogP contribution in [0.3, 0.4) is 0 Å². The van der Waals surface area contributed by atoms with E-state index in [2.05, 4.69) is 5.32 Å². The number of nitrogens with two attached hydrogens (primary N) is 1. The van der Waals surface area contributed by atoms with E-state index in [1.807, 2.05) is 12.1 Å². The van der Waals surface area contributed by atoms with Gasteiger partial charge in [0.1, 0.15) is 12.0 Å². The Labute approximate surface area is 122 Å². The van der Waals surface area contributed by atoms with Crippen molar-refractivity contribution < 1.29 is 18.7 Å². The normalized spacial score (nSPS) is 10.2. The average molecular weight is 290 g/mol. The largest absolute Gasteiger partial charge is 0.493 e. The highest BCUT2D eigenvalue weighted by Crippen LogP contribution is 2.30. The summed E-state index contributed by atoms with van der Waals surface area (Å²) in [5.41, 5.74) is 6.71. The van der Waals surface area contributed by atoms with Gasteiger partial charge in [-0.25, -0.2) is 0 Å². The summed E-state index contributed by atoms with van der Waals surface area (Å²) in [5.74, 6) is 1.57. The van der Waals surface area contributed by atoms with Gasteiger partial charge in [-0.2, -0.15) is 0 Å². The molecule has 1 aromatic heterocycles. The SMILES string of the molecule is COc1cccc(CNC(=O)c2coc(CN)c2)c1OC. The molecule has 0 saturated heterocycles. The van der Waals surface area contributed by atoms with E-state index in [4.69, 9.17) is 19.6 Å². The Kier molecular flexibility index (Phi) is 4.84. The van der Waals surface area contributed by atoms with Crippen LogP contribution < -0.4 is 20.5 Å². The third-order valence-electron chi connectivity index (χ3n) is 3.04. The van der Waals surface area contributed by atoms with Crippen molar-refractivity contribution in [2.24, 2.45) is 5.73 Å². The highest BCUT2D eigenvalue weighted by molar-refractivity contribution is 5.93. The molecule has 0 aliphatic rings. The topological polar surface area (TPSA) is 86.7 Å². The molecule has 0 aliphatic heterocycles. The molecule has 0 fully saturated rings. The van der Waals surface area contributed by atoms with E-state index in [1.54, 1.807) is 26.4 Å². The second-order valence-electron chi connectivity index (χ2n) is 4.34. The van der Waals surface area contributed by atoms with Gasteiger partial charge < -0.3 is 24.9 Å². The standard InChI is InChI=1S/C15H18N2O4/c1-19-13-5-3-4-10(14(13)20-2)8-17-15(18)11-6-12(7-16)21-9-11/h3-6,9H,7-8,16H2,1-2H3,(H,17,18). The number of amides is 1. The Bertz CT molecular complexity index is 622. The fourth-order valence-electron chi connectivity index (χ4n) is 1.98. The van der Waals surface area contributed by atoms with Gasteiger partial charge in [0.25, 0.3) is 5.91 Å². The molecule has 6 nitrogen and oxygen atoms in total. The number of hydrogen-bond donors (Lipinski definition) is 2. The highest BCUT2D eigenvalue weighted by Gasteiger charge is 2.13. The number of nitrogens with one attached hydrogen (secondary N) is 1. The van der Waals surface area contributed by atoms with Gasteiger partial charge in [0.2, 0.25) is 0 Å². The van der Waals surface area contributed by atoms with E-state index in [1.165, 1.54) is 6.26 Å². The predicted molar refractivity (Wildman–Crippen MR) is 77.3 cm³/mol. The van der Waals surface area contributed by atoms with Gasteiger partial charge in [-0.05, 0) is 12.1 Å². The van der Waals surface area contributed by atoms with Crippen LogP contribution in [0, 0.1) is 0 Å². The van der Waals surface area contributed by atoms with Crippen molar-refractivity contribution in [3.63, 3.8) is 0 Å². The molecular formula is C15H18N2O4. The van der Waals surface area contributed by atoms with Crippen LogP contribution in [0.5, 0.6) is 11.5 Å². The Hall–Kier alpha value is -2.47. The first-order valence-electron chi connectivity index (χ1n) is 6.45. The number of ether oxygens (including phenoxy) is 2. The lowest BCUT2D eigenvalue weighted by atomic mass is 10.1. The molecule has 0 radical (unpaired) electrons. The molecule has 0 unspecified atom stereocenters. The fourth-order valence-corrected chi connectivity index (χ4v) is 1.98. The zero-order chi connectivity index (χ0) is 15.2. The molecular weight excluding hydrogens is 272 g/mol. The second kappa shape index (κ2) is 6.81. The molecule has 1 aromatic carbocycles. The first-order chi connectivity index (χ1) is 10.2. The molecule has 6 heteroatoms. The van der Waals surface area contributed by atoms with Gasteiger partial charge >= 0.3 is 0 Å². The van der Waals surface area contributed by atoms with E-state index >= 15 is 0 Å². The number of para-hydroxylation sites is 1. The Balaban J connectivity index is 2.07. The Morgan fingerprint density at radius 3 is 2.76 bits per heavy atom. The zero-order valence-electron chi connectivity index (χ0n) is 12.0. The second-order valence-corrected chi connectivity index (χ2v) is 4.34. The van der Waals surface area contributed by atoms with E-state index in [0.29, 0.717) is 29.4 Å². The molecule has 0 bridgehead atoms. The molecule has 0 spiro atoms. The Morgan fingerprint density at radius 2 is 2.14 bits per heavy atom. The molecule has 1 amide bonds. The minimum Gasteiger partial charge on any atom is -0.493 e. The molecule has 112 valence electrons. The van der Waals surface area contributed by atoms with Gasteiger partial charge in [0.15, 0.2) is 11.5 Å². The van der Waals surface area contributed by atoms with Crippen LogP contribution in [0.15, 0.2) is 34.9 Å². The quantitative estimate of drug-likeness (QED) is 0.845. The summed E-state index contributed by atoms with van der Waals surface area (Å²) in [4.78, 5) is 12.0. The van der Waals surface area contributed by atoms with Crippen LogP contribution in [0.4, 0.5) is 0 Å². The monoisotopic (exact) mass is 290 g/mol. The third kappa shape index (κ3) is 3.35. The van der Waals surface area contributed by atoms with Crippen LogP contribution in [-0.4, -0.2) is 20.1 Å². The van der Waals surface area contributed by atoms with Crippen LogP contribution in [0.25, 0.3) is 0 Å². The number of carbonyl (C=O) groups is 1. The molecule has 1 heterocycles. The van der Waals surface area contributed by atoms with E-state index < -0.39 is 0 Å². The van der Waals surface area contributed by atoms with Crippen molar-refractivity contribution in [1.82, 2.24) is 5.32 Å². The van der Waals surface area contributed by atoms with Crippen molar-refractivity contribution in [3.05, 3.63) is 47.4 Å². The summed E-state index contributed by atoms with van der Waals surface area (Å²) in [6.07, 6.45) is 1.39. The lowest BCUT2D eigenvalue weighted by molar-refractivity contribution is 0.0950. The van der Waals surface area contributed by atoms with Gasteiger partial charge in [-0.15, -0.1) is 0 Å². The summed E-state index contributed by atoms with van der Waals surface area (Å²) in [7, 11) is 3.13. The van der Waals surface area contributed by atoms with Crippen molar-refractivity contribution >= 4 is 5.91 Å². The molecule has 0 aliphatic carbocycles. The lowest BCUT2D eigenvalue weighted by Crippen LogP contribution is -2.22. The number of hydrogen-bond acceptors (Lipinski definition) is 5. The summed E-state index contributed by atoms with van der Waals surface area (Å²) < 4.78 is 15.7. The number of methoxy groups -OCH3 is 2. The number of furan rings is 1. The summed E-state index contributed by atoms with van der Waals surface area (Å²) in [6, 6.07) is 7.13. The van der Waals surface area contributed by atoms with Crippen LogP contribution >= 0.6 is 0 Å². The molecule has 2 rings (SSSR count). The van der Waals surface area contributed by atoms with Crippen LogP contribution in [-0.2, 0) is 13.1 Å². The van der Waals surface area contributed by atoms with Crippen molar-refractivity contribution in [1.29, 1.82) is 0 Å². The molecule has 2 aromatic rings. The van der Waals surface area contributed by atoms with Crippen LogP contribution in [0.1, 0.15) is 21.7 Å². The molecule has 3 N–H and O–H groups in total. The molecule has 21 heavy (non-hydrogen) atoms. The highest BCUT2D eigenvalue weighted by atomic mass is 16.5. The molecule has 0 saturated carbocycles. The predicted octanol–water partition coefficient (Wildman–Crippen LogP) is 1.69. The van der Waals surface area contributed by atoms with Crippen molar-refractivity contribution in [2.45, 2.75) is 13.1 Å². The van der Waals surface area contributed by atoms with Crippen molar-refractivity contribution in [3.8, 4) is 11.5 Å². The minimum absolute atomic E-state index is 0.233. The first kappa shape index (κ1) is 14.9. The summed E-state index contributed by atoms with van der Waals surface area (Å²) >= 11 is 0. The van der Waals surface area contributed by atoms with Crippen LogP contribution in [0.2, 0.25) is 0 Å². The third-order valence-corrected chi connectivity index (χ3v) is 3.04. The van der Waals surface area contributed by atoms with Gasteiger partial charge in [-0.3, -0.25) is 4.79 Å². The maximum absolute atomic E-state index is 12.0. The summed E-state index contributed by atoms with van der Waals surface area (Å²) in [6.45, 7) is 0.583. The van der Waals surface area contributed by atoms with E-state index in [9.17, 15) is 4.79 Å². The fraction of sp³-hybridized carbons (Fsp3) is 0.267. The van der Waals surface area contributed by atoms with Crippen molar-refractivity contribution in [2.75, 3.05) is 14.2 Å². The maximum Gasteiger partial charge on any atom is 0.254 e. The average Bonchev–Trinajstić information content (AvgIpc) is 3.01. The first-order valence-corrected chi connectivity index (χ1v) is 6.45. The van der Waals surface area contributed by atoms with Gasteiger partial charge in [0, 0.05) is 12.1 Å². The van der Waals surface area contributed by atoms with E-state index in [-0.39, 0.29) is 12.5 Å². The zero-order valence-corrected chi connectivity index (χ0v) is 12.0. The smallest absolute Gasteiger partial charge is 0.254 e. The minimum atomic E-state index is -0.233. The molecule has 0 atom stereocenters. The maximum atomic E-state index is 12.0. The Morgan fingerprint density at radius 1 is 1.33 bits per heavy atom. The lowest BCUT2D eigenvalue weighted by Gasteiger charge is -2.12. The number of carbonyl (C=O) groups excluding carboxylic acids is 1. The van der Waals surface area contributed by atoms with Gasteiger partial charge in [-0.1, -0.05) is 12.1 Å². The van der Waals surface area contributed by atoms with E-state index in [0.717, 1.165) is 5.56 Å².